The zero-order valence-corrected chi connectivity index (χ0v) is 14.2. The van der Waals surface area contributed by atoms with Gasteiger partial charge in [-0.2, -0.15) is 0 Å². The van der Waals surface area contributed by atoms with Crippen LogP contribution in [0.1, 0.15) is 31.4 Å². The topological polar surface area (TPSA) is 78.6 Å². The largest absolute Gasteiger partial charge is 0.508 e. The number of phenols is 1. The predicted octanol–water partition coefficient (Wildman–Crippen LogP) is 2.89. The van der Waals surface area contributed by atoms with Gasteiger partial charge in [-0.15, -0.1) is 24.8 Å². The lowest BCUT2D eigenvalue weighted by atomic mass is 9.98. The number of nitrogens with one attached hydrogen (secondary N) is 1. The molecule has 2 rings (SSSR count). The third-order valence-electron chi connectivity index (χ3n) is 3.72. The van der Waals surface area contributed by atoms with E-state index in [1.165, 1.54) is 12.1 Å². The molecular formula is C14H23Cl2N3O3. The van der Waals surface area contributed by atoms with Crippen LogP contribution in [-0.4, -0.2) is 41.1 Å². The number of benzene rings is 1. The molecule has 2 N–H and O–H groups in total. The molecule has 1 saturated heterocycles. The summed E-state index contributed by atoms with van der Waals surface area (Å²) in [6.07, 6.45) is 1.80. The molecule has 6 nitrogen and oxygen atoms in total. The van der Waals surface area contributed by atoms with Gasteiger partial charge in [0.2, 0.25) is 0 Å². The fourth-order valence-corrected chi connectivity index (χ4v) is 2.78. The molecule has 0 unspecified atom stereocenters. The second-order valence-electron chi connectivity index (χ2n) is 5.09. The van der Waals surface area contributed by atoms with Crippen LogP contribution in [0.2, 0.25) is 0 Å². The molecule has 1 fully saturated rings. The van der Waals surface area contributed by atoms with E-state index in [0.717, 1.165) is 39.0 Å². The molecule has 1 aromatic carbocycles. The van der Waals surface area contributed by atoms with E-state index in [1.807, 2.05) is 0 Å². The number of nitrogens with zero attached hydrogens (tertiary/aromatic N) is 2. The van der Waals surface area contributed by atoms with E-state index in [4.69, 9.17) is 0 Å². The zero-order chi connectivity index (χ0) is 14.5. The molecule has 1 aliphatic rings. The maximum absolute atomic E-state index is 11.2. The number of piperazine rings is 1. The van der Waals surface area contributed by atoms with Gasteiger partial charge >= 0.3 is 0 Å². The first-order valence-electron chi connectivity index (χ1n) is 7.05. The van der Waals surface area contributed by atoms with Crippen LogP contribution in [-0.2, 0) is 0 Å². The van der Waals surface area contributed by atoms with E-state index in [-0.39, 0.29) is 47.2 Å². The summed E-state index contributed by atoms with van der Waals surface area (Å²) in [6.45, 7) is 5.61. The molecule has 0 aliphatic carbocycles. The number of hydrogen-bond donors (Lipinski definition) is 2. The Balaban J connectivity index is 0.00000220. The fraction of sp³-hybridized carbons (Fsp3) is 0.571. The molecule has 0 bridgehead atoms. The number of halogens is 2. The van der Waals surface area contributed by atoms with Crippen LogP contribution in [0, 0.1) is 10.1 Å². The molecule has 1 aromatic rings. The van der Waals surface area contributed by atoms with Gasteiger partial charge in [0.05, 0.1) is 10.5 Å². The van der Waals surface area contributed by atoms with Gasteiger partial charge in [0.15, 0.2) is 0 Å². The van der Waals surface area contributed by atoms with E-state index in [1.54, 1.807) is 6.07 Å². The third-order valence-corrected chi connectivity index (χ3v) is 3.72. The van der Waals surface area contributed by atoms with Crippen molar-refractivity contribution in [1.82, 2.24) is 10.2 Å². The molecule has 22 heavy (non-hydrogen) atoms. The number of nitro benzene ring substituents is 1. The van der Waals surface area contributed by atoms with Gasteiger partial charge in [-0.1, -0.05) is 13.3 Å². The molecule has 1 atom stereocenters. The lowest BCUT2D eigenvalue weighted by molar-refractivity contribution is -0.386. The highest BCUT2D eigenvalue weighted by molar-refractivity contribution is 5.85. The number of rotatable bonds is 5. The summed E-state index contributed by atoms with van der Waals surface area (Å²) in [5.41, 5.74) is 0.721. The average molecular weight is 352 g/mol. The summed E-state index contributed by atoms with van der Waals surface area (Å²) in [7, 11) is 0. The predicted molar refractivity (Wildman–Crippen MR) is 91.3 cm³/mol. The summed E-state index contributed by atoms with van der Waals surface area (Å²) in [5.74, 6) is 0.0850. The number of aromatic hydroxyl groups is 1. The Kier molecular flexibility index (Phi) is 9.36. The molecule has 8 heteroatoms. The Morgan fingerprint density at radius 3 is 2.55 bits per heavy atom. The maximum atomic E-state index is 11.2. The first-order chi connectivity index (χ1) is 9.63. The van der Waals surface area contributed by atoms with Crippen molar-refractivity contribution in [3.63, 3.8) is 0 Å². The fourth-order valence-electron chi connectivity index (χ4n) is 2.78. The lowest BCUT2D eigenvalue weighted by Crippen LogP contribution is -2.45. The van der Waals surface area contributed by atoms with Crippen LogP contribution in [0.15, 0.2) is 18.2 Å². The Bertz CT molecular complexity index is 482. The monoisotopic (exact) mass is 351 g/mol. The van der Waals surface area contributed by atoms with E-state index < -0.39 is 0 Å². The van der Waals surface area contributed by atoms with Crippen molar-refractivity contribution in [2.24, 2.45) is 0 Å². The second kappa shape index (κ2) is 9.84. The van der Waals surface area contributed by atoms with Crippen molar-refractivity contribution in [3.05, 3.63) is 33.9 Å². The first-order valence-corrected chi connectivity index (χ1v) is 7.05. The van der Waals surface area contributed by atoms with Crippen LogP contribution in [0.25, 0.3) is 0 Å². The normalized spacial score (nSPS) is 16.2. The molecule has 0 spiro atoms. The molecule has 126 valence electrons. The summed E-state index contributed by atoms with van der Waals surface area (Å²) < 4.78 is 0. The van der Waals surface area contributed by atoms with Crippen LogP contribution in [0.5, 0.6) is 5.75 Å². The third kappa shape index (κ3) is 4.98. The van der Waals surface area contributed by atoms with Crippen molar-refractivity contribution in [1.29, 1.82) is 0 Å². The summed E-state index contributed by atoms with van der Waals surface area (Å²) in [5, 5.41) is 24.2. The van der Waals surface area contributed by atoms with Crippen molar-refractivity contribution in [2.75, 3.05) is 26.2 Å². The Morgan fingerprint density at radius 1 is 1.36 bits per heavy atom. The number of nitro groups is 1. The zero-order valence-electron chi connectivity index (χ0n) is 12.5. The highest BCUT2D eigenvalue weighted by atomic mass is 35.5. The Labute approximate surface area is 142 Å². The molecule has 0 saturated carbocycles. The molecule has 0 radical (unpaired) electrons. The molecular weight excluding hydrogens is 329 g/mol. The Hall–Kier alpha value is -1.08. The molecule has 1 aliphatic heterocycles. The van der Waals surface area contributed by atoms with Gasteiger partial charge in [-0.3, -0.25) is 15.0 Å². The van der Waals surface area contributed by atoms with Crippen LogP contribution >= 0.6 is 24.8 Å². The van der Waals surface area contributed by atoms with E-state index in [9.17, 15) is 15.2 Å². The van der Waals surface area contributed by atoms with E-state index in [0.29, 0.717) is 5.56 Å². The summed E-state index contributed by atoms with van der Waals surface area (Å²) >= 11 is 0. The second-order valence-corrected chi connectivity index (χ2v) is 5.09. The number of phenolic OH excluding ortho intramolecular Hbond substituents is 1. The minimum atomic E-state index is -0.361. The van der Waals surface area contributed by atoms with Crippen molar-refractivity contribution in [2.45, 2.75) is 25.8 Å². The standard InChI is InChI=1S/C14H21N3O3.2ClH/c1-2-3-13(16-8-6-15-7-9-16)12-10-11(18)4-5-14(12)17(19)20;;/h4-5,10,13,15,18H,2-3,6-9H2,1H3;2*1H/t13-;;/m0../s1. The highest BCUT2D eigenvalue weighted by Gasteiger charge is 2.28. The van der Waals surface area contributed by atoms with Gasteiger partial charge < -0.3 is 10.4 Å². The first kappa shape index (κ1) is 20.9. The highest BCUT2D eigenvalue weighted by Crippen LogP contribution is 2.35. The average Bonchev–Trinajstić information content (AvgIpc) is 2.45. The molecule has 1 heterocycles. The quantitative estimate of drug-likeness (QED) is 0.629. The van der Waals surface area contributed by atoms with Crippen LogP contribution < -0.4 is 5.32 Å². The van der Waals surface area contributed by atoms with Gasteiger partial charge in [0.25, 0.3) is 5.69 Å². The smallest absolute Gasteiger partial charge is 0.274 e. The van der Waals surface area contributed by atoms with Crippen molar-refractivity contribution < 1.29 is 10.0 Å². The van der Waals surface area contributed by atoms with E-state index >= 15 is 0 Å². The maximum Gasteiger partial charge on any atom is 0.274 e. The van der Waals surface area contributed by atoms with E-state index in [2.05, 4.69) is 17.1 Å². The van der Waals surface area contributed by atoms with Gasteiger partial charge in [0.1, 0.15) is 5.75 Å². The van der Waals surface area contributed by atoms with Gasteiger partial charge in [0, 0.05) is 38.3 Å². The Morgan fingerprint density at radius 2 is 2.00 bits per heavy atom. The SMILES string of the molecule is CCC[C@@H](c1cc(O)ccc1[N+](=O)[O-])N1CCNCC1.Cl.Cl. The minimum Gasteiger partial charge on any atom is -0.508 e. The van der Waals surface area contributed by atoms with Crippen molar-refractivity contribution >= 4 is 30.5 Å². The van der Waals surface area contributed by atoms with Crippen LogP contribution in [0.4, 0.5) is 5.69 Å². The minimum absolute atomic E-state index is 0. The number of hydrogen-bond acceptors (Lipinski definition) is 5. The lowest BCUT2D eigenvalue weighted by Gasteiger charge is -2.35. The summed E-state index contributed by atoms with van der Waals surface area (Å²) in [4.78, 5) is 13.1. The van der Waals surface area contributed by atoms with Crippen molar-refractivity contribution in [3.8, 4) is 5.75 Å². The van der Waals surface area contributed by atoms with Crippen LogP contribution in [0.3, 0.4) is 0 Å². The summed E-state index contributed by atoms with van der Waals surface area (Å²) in [6, 6.07) is 4.31. The van der Waals surface area contributed by atoms with Gasteiger partial charge in [-0.25, -0.2) is 0 Å². The molecule has 0 aromatic heterocycles. The van der Waals surface area contributed by atoms with Gasteiger partial charge in [-0.05, 0) is 18.6 Å². The molecule has 0 amide bonds.